The van der Waals surface area contributed by atoms with Crippen LogP contribution in [0.25, 0.3) is 11.3 Å². The number of allylic oxidation sites excluding steroid dienone is 6. The third kappa shape index (κ3) is 11.6. The zero-order chi connectivity index (χ0) is 30.5. The van der Waals surface area contributed by atoms with Crippen LogP contribution in [0.4, 0.5) is 5.82 Å². The fourth-order valence-electron chi connectivity index (χ4n) is 3.31. The fourth-order valence-corrected chi connectivity index (χ4v) is 3.31. The molecule has 3 aromatic rings. The fraction of sp³-hybridized carbons (Fsp3) is 0.294. The van der Waals surface area contributed by atoms with E-state index in [4.69, 9.17) is 4.98 Å². The number of aryl methyl sites for hydroxylation is 1. The maximum absolute atomic E-state index is 4.82. The van der Waals surface area contributed by atoms with E-state index in [2.05, 4.69) is 43.0 Å². The average molecular weight is 552 g/mol. The SMILES string of the molecule is C/C=C\C.C=NCc1cn(-c2ccc(C)nc2)c(/C2=C/C=C=C(N(C)/C=N\c3ccccn3)/C=C\C2)n1.CC.CC. The molecule has 41 heavy (non-hydrogen) atoms. The van der Waals surface area contributed by atoms with Crippen LogP contribution in [-0.4, -0.2) is 44.5 Å². The Balaban J connectivity index is 0.000000950. The van der Waals surface area contributed by atoms with E-state index in [1.54, 1.807) is 12.5 Å². The molecule has 0 fully saturated rings. The molecule has 0 bridgehead atoms. The van der Waals surface area contributed by atoms with Crippen LogP contribution >= 0.6 is 0 Å². The largest absolute Gasteiger partial charge is 0.329 e. The Morgan fingerprint density at radius 1 is 1.07 bits per heavy atom. The third-order valence-corrected chi connectivity index (χ3v) is 5.35. The molecule has 1 aliphatic carbocycles. The van der Waals surface area contributed by atoms with Crippen molar-refractivity contribution in [2.24, 2.45) is 9.98 Å². The summed E-state index contributed by atoms with van der Waals surface area (Å²) in [4.78, 5) is 23.8. The van der Waals surface area contributed by atoms with Gasteiger partial charge in [0.1, 0.15) is 5.82 Å². The Morgan fingerprint density at radius 2 is 1.83 bits per heavy atom. The van der Waals surface area contributed by atoms with Gasteiger partial charge < -0.3 is 4.90 Å². The maximum atomic E-state index is 4.82. The molecule has 1 aliphatic rings. The molecule has 216 valence electrons. The van der Waals surface area contributed by atoms with Crippen molar-refractivity contribution in [2.45, 2.75) is 61.4 Å². The van der Waals surface area contributed by atoms with Crippen LogP contribution in [-0.2, 0) is 6.54 Å². The number of hydrogen-bond acceptors (Lipinski definition) is 5. The highest BCUT2D eigenvalue weighted by atomic mass is 15.1. The molecule has 0 spiro atoms. The molecule has 0 amide bonds. The van der Waals surface area contributed by atoms with E-state index in [1.165, 1.54) is 0 Å². The molecule has 4 rings (SSSR count). The van der Waals surface area contributed by atoms with Crippen molar-refractivity contribution in [3.05, 3.63) is 114 Å². The van der Waals surface area contributed by atoms with Gasteiger partial charge in [-0.05, 0) is 82.0 Å². The van der Waals surface area contributed by atoms with Crippen molar-refractivity contribution >= 4 is 24.4 Å². The van der Waals surface area contributed by atoms with Gasteiger partial charge in [0.05, 0.1) is 36.2 Å². The summed E-state index contributed by atoms with van der Waals surface area (Å²) < 4.78 is 2.05. The van der Waals surface area contributed by atoms with E-state index in [-0.39, 0.29) is 0 Å². The summed E-state index contributed by atoms with van der Waals surface area (Å²) >= 11 is 0. The minimum absolute atomic E-state index is 0.461. The van der Waals surface area contributed by atoms with Gasteiger partial charge in [0, 0.05) is 25.1 Å². The Hall–Kier alpha value is -4.61. The highest BCUT2D eigenvalue weighted by Crippen LogP contribution is 2.24. The first-order chi connectivity index (χ1) is 20.0. The summed E-state index contributed by atoms with van der Waals surface area (Å²) in [6, 6.07) is 9.68. The van der Waals surface area contributed by atoms with Crippen molar-refractivity contribution in [2.75, 3.05) is 7.05 Å². The van der Waals surface area contributed by atoms with Gasteiger partial charge in [-0.15, -0.1) is 0 Å². The number of hydrogen-bond donors (Lipinski definition) is 0. The molecule has 0 aromatic carbocycles. The van der Waals surface area contributed by atoms with E-state index in [0.717, 1.165) is 34.2 Å². The first kappa shape index (κ1) is 34.4. The third-order valence-electron chi connectivity index (χ3n) is 5.35. The summed E-state index contributed by atoms with van der Waals surface area (Å²) in [5.74, 6) is 1.52. The van der Waals surface area contributed by atoms with Gasteiger partial charge in [-0.25, -0.2) is 15.0 Å². The second-order valence-electron chi connectivity index (χ2n) is 8.17. The zero-order valence-corrected chi connectivity index (χ0v) is 25.9. The molecule has 3 aromatic heterocycles. The van der Waals surface area contributed by atoms with E-state index in [0.29, 0.717) is 18.8 Å². The van der Waals surface area contributed by atoms with Gasteiger partial charge in [-0.2, -0.15) is 0 Å². The van der Waals surface area contributed by atoms with Crippen LogP contribution < -0.4 is 0 Å². The van der Waals surface area contributed by atoms with E-state index in [9.17, 15) is 0 Å². The lowest BCUT2D eigenvalue weighted by Gasteiger charge is -2.14. The van der Waals surface area contributed by atoms with Crippen molar-refractivity contribution in [1.82, 2.24) is 24.4 Å². The minimum atomic E-state index is 0.461. The van der Waals surface area contributed by atoms with Gasteiger partial charge in [0.15, 0.2) is 5.82 Å². The van der Waals surface area contributed by atoms with Crippen LogP contribution in [0.5, 0.6) is 0 Å². The number of likely N-dealkylation sites (N-methyl/N-ethyl adjacent to an activating group) is 1. The predicted molar refractivity (Wildman–Crippen MR) is 176 cm³/mol. The summed E-state index contributed by atoms with van der Waals surface area (Å²) in [7, 11) is 1.94. The van der Waals surface area contributed by atoms with E-state index < -0.39 is 0 Å². The number of imidazole rings is 1. The van der Waals surface area contributed by atoms with Gasteiger partial charge in [-0.1, -0.05) is 57.7 Å². The second-order valence-corrected chi connectivity index (χ2v) is 8.17. The monoisotopic (exact) mass is 551 g/mol. The van der Waals surface area contributed by atoms with Crippen molar-refractivity contribution in [3.63, 3.8) is 0 Å². The number of aliphatic imine (C=N–C) groups is 2. The van der Waals surface area contributed by atoms with Gasteiger partial charge in [0.25, 0.3) is 0 Å². The highest BCUT2D eigenvalue weighted by Gasteiger charge is 2.14. The molecule has 7 nitrogen and oxygen atoms in total. The lowest BCUT2D eigenvalue weighted by Crippen LogP contribution is -2.13. The molecule has 0 unspecified atom stereocenters. The number of rotatable bonds is 7. The molecule has 0 aliphatic heterocycles. The number of nitrogens with zero attached hydrogens (tertiary/aromatic N) is 7. The maximum Gasteiger partial charge on any atom is 0.153 e. The molecular weight excluding hydrogens is 506 g/mol. The summed E-state index contributed by atoms with van der Waals surface area (Å²) in [6.45, 7) is 18.0. The number of pyridine rings is 2. The molecule has 0 N–H and O–H groups in total. The van der Waals surface area contributed by atoms with Crippen LogP contribution in [0.1, 0.15) is 65.2 Å². The molecule has 0 saturated carbocycles. The lowest BCUT2D eigenvalue weighted by molar-refractivity contribution is 0.669. The Kier molecular flexibility index (Phi) is 17.1. The Bertz CT molecular complexity index is 1350. The smallest absolute Gasteiger partial charge is 0.153 e. The first-order valence-corrected chi connectivity index (χ1v) is 14.1. The van der Waals surface area contributed by atoms with Gasteiger partial charge in [-0.3, -0.25) is 14.5 Å². The number of aromatic nitrogens is 4. The minimum Gasteiger partial charge on any atom is -0.329 e. The van der Waals surface area contributed by atoms with E-state index >= 15 is 0 Å². The Labute approximate surface area is 246 Å². The second kappa shape index (κ2) is 20.3. The Morgan fingerprint density at radius 3 is 2.44 bits per heavy atom. The van der Waals surface area contributed by atoms with Crippen molar-refractivity contribution < 1.29 is 0 Å². The van der Waals surface area contributed by atoms with Gasteiger partial charge in [0.2, 0.25) is 0 Å². The lowest BCUT2D eigenvalue weighted by atomic mass is 10.1. The summed E-state index contributed by atoms with van der Waals surface area (Å²) in [6.07, 6.45) is 20.1. The van der Waals surface area contributed by atoms with E-state index in [1.807, 2.05) is 134 Å². The van der Waals surface area contributed by atoms with Crippen LogP contribution in [0.15, 0.2) is 107 Å². The molecule has 7 heteroatoms. The summed E-state index contributed by atoms with van der Waals surface area (Å²) in [5.41, 5.74) is 8.07. The van der Waals surface area contributed by atoms with Crippen LogP contribution in [0.2, 0.25) is 0 Å². The molecule has 3 heterocycles. The molecule has 0 saturated heterocycles. The van der Waals surface area contributed by atoms with Crippen molar-refractivity contribution in [3.8, 4) is 5.69 Å². The standard InChI is InChI=1S/C26H25N7.C4H8.2C2H6/c1-20-13-14-24(17-29-20)33-18-22(16-27-2)31-26(33)21-8-6-10-23(11-7-9-21)32(3)19-30-25-12-4-5-15-28-25;1-3-4-2;2*1-2/h4-8,11-15,17-19H,2,9,16H2,1,3H3;3-4H,1-2H3;2*1-2H3/b11-7-,21-8+,30-19-;4-3-;;. The normalized spacial score (nSPS) is 14.0. The quantitative estimate of drug-likeness (QED) is 0.128. The molecule has 0 atom stereocenters. The average Bonchev–Trinajstić information content (AvgIpc) is 3.42. The van der Waals surface area contributed by atoms with Gasteiger partial charge >= 0.3 is 0 Å². The predicted octanol–water partition coefficient (Wildman–Crippen LogP) is 8.48. The topological polar surface area (TPSA) is 71.6 Å². The molecular formula is C34H45N7. The van der Waals surface area contributed by atoms with Crippen LogP contribution in [0, 0.1) is 6.92 Å². The zero-order valence-electron chi connectivity index (χ0n) is 25.9. The highest BCUT2D eigenvalue weighted by molar-refractivity contribution is 5.67. The summed E-state index contributed by atoms with van der Waals surface area (Å²) in [5, 5.41) is 0. The molecule has 0 radical (unpaired) electrons. The van der Waals surface area contributed by atoms with Crippen molar-refractivity contribution in [1.29, 1.82) is 0 Å². The first-order valence-electron chi connectivity index (χ1n) is 14.1. The van der Waals surface area contributed by atoms with Crippen LogP contribution in [0.3, 0.4) is 0 Å².